The molecule has 0 fully saturated rings. The van der Waals surface area contributed by atoms with Crippen LogP contribution in [0.2, 0.25) is 0 Å². The van der Waals surface area contributed by atoms with E-state index in [2.05, 4.69) is 30.8 Å². The molecule has 0 radical (unpaired) electrons. The molecule has 0 unspecified atom stereocenters. The van der Waals surface area contributed by atoms with Crippen molar-refractivity contribution in [1.29, 1.82) is 0 Å². The van der Waals surface area contributed by atoms with Crippen LogP contribution in [0.15, 0.2) is 53.3 Å². The van der Waals surface area contributed by atoms with Crippen LogP contribution in [-0.2, 0) is 6.54 Å². The monoisotopic (exact) mass is 342 g/mol. The van der Waals surface area contributed by atoms with Crippen LogP contribution < -0.4 is 10.6 Å². The number of fused-ring (bicyclic) bond motifs is 1. The Labute approximate surface area is 131 Å². The minimum absolute atomic E-state index is 0.720. The number of anilines is 2. The van der Waals surface area contributed by atoms with Gasteiger partial charge < -0.3 is 10.6 Å². The third-order valence-corrected chi connectivity index (χ3v) is 3.80. The Morgan fingerprint density at radius 2 is 2.05 bits per heavy atom. The molecule has 0 bridgehead atoms. The smallest absolute Gasteiger partial charge is 0.0956 e. The lowest BCUT2D eigenvalue weighted by atomic mass is 10.1. The third kappa shape index (κ3) is 2.83. The third-order valence-electron chi connectivity index (χ3n) is 3.37. The van der Waals surface area contributed by atoms with E-state index in [0.717, 1.165) is 39.0 Å². The normalized spacial score (nSPS) is 10.8. The molecular weight excluding hydrogens is 328 g/mol. The maximum Gasteiger partial charge on any atom is 0.0956 e. The van der Waals surface area contributed by atoms with E-state index in [9.17, 15) is 0 Å². The largest absolute Gasteiger partial charge is 0.398 e. The van der Waals surface area contributed by atoms with Gasteiger partial charge in [-0.2, -0.15) is 0 Å². The topological polar surface area (TPSA) is 55.0 Å². The lowest BCUT2D eigenvalue weighted by molar-refractivity contribution is 0.887. The first-order chi connectivity index (χ1) is 10.1. The van der Waals surface area contributed by atoms with E-state index in [1.165, 1.54) is 0 Å². The molecule has 3 rings (SSSR count). The molecule has 0 amide bonds. The molecule has 0 aliphatic heterocycles. The first kappa shape index (κ1) is 13.8. The van der Waals surface area contributed by atoms with Gasteiger partial charge in [0.2, 0.25) is 0 Å². The predicted molar refractivity (Wildman–Crippen MR) is 90.2 cm³/mol. The molecule has 0 saturated carbocycles. The van der Waals surface area contributed by atoms with Gasteiger partial charge in [0.25, 0.3) is 0 Å². The highest BCUT2D eigenvalue weighted by Crippen LogP contribution is 2.31. The fraction of sp³-hybridized carbons (Fsp3) is 0.125. The van der Waals surface area contributed by atoms with Crippen molar-refractivity contribution in [1.82, 2.24) is 9.97 Å². The van der Waals surface area contributed by atoms with Gasteiger partial charge in [0.1, 0.15) is 0 Å². The van der Waals surface area contributed by atoms with Crippen LogP contribution in [0.3, 0.4) is 0 Å². The Kier molecular flexibility index (Phi) is 3.75. The van der Waals surface area contributed by atoms with Gasteiger partial charge in [-0.15, -0.1) is 0 Å². The number of nitrogen functional groups attached to an aromatic ring is 1. The molecule has 0 atom stereocenters. The van der Waals surface area contributed by atoms with Gasteiger partial charge in [-0.05, 0) is 46.3 Å². The molecule has 3 aromatic rings. The molecule has 5 heteroatoms. The van der Waals surface area contributed by atoms with E-state index >= 15 is 0 Å². The van der Waals surface area contributed by atoms with Gasteiger partial charge in [-0.25, -0.2) is 0 Å². The Bertz CT molecular complexity index is 774. The highest BCUT2D eigenvalue weighted by Gasteiger charge is 2.11. The number of halogens is 1. The highest BCUT2D eigenvalue weighted by molar-refractivity contribution is 9.10. The number of nitrogens with zero attached hydrogens (tertiary/aromatic N) is 3. The first-order valence-corrected chi connectivity index (χ1v) is 7.39. The molecule has 0 spiro atoms. The maximum absolute atomic E-state index is 6.06. The van der Waals surface area contributed by atoms with Crippen LogP contribution in [0.1, 0.15) is 5.69 Å². The molecular formula is C16H15BrN4. The Morgan fingerprint density at radius 1 is 1.19 bits per heavy atom. The number of hydrogen-bond donors (Lipinski definition) is 1. The van der Waals surface area contributed by atoms with Crippen LogP contribution in [0.5, 0.6) is 0 Å². The second kappa shape index (κ2) is 5.69. The zero-order chi connectivity index (χ0) is 14.8. The van der Waals surface area contributed by atoms with E-state index < -0.39 is 0 Å². The molecule has 2 aromatic heterocycles. The number of aromatic nitrogens is 2. The summed E-state index contributed by atoms with van der Waals surface area (Å²) in [5.74, 6) is 0. The number of rotatable bonds is 3. The zero-order valence-corrected chi connectivity index (χ0v) is 13.2. The number of hydrogen-bond acceptors (Lipinski definition) is 4. The summed E-state index contributed by atoms with van der Waals surface area (Å²) in [5.41, 5.74) is 9.74. The van der Waals surface area contributed by atoms with Crippen molar-refractivity contribution in [2.75, 3.05) is 17.7 Å². The minimum atomic E-state index is 0.720. The van der Waals surface area contributed by atoms with Crippen molar-refractivity contribution in [3.63, 3.8) is 0 Å². The predicted octanol–water partition coefficient (Wildman–Crippen LogP) is 3.61. The summed E-state index contributed by atoms with van der Waals surface area (Å²) in [6.45, 7) is 0.720. The van der Waals surface area contributed by atoms with E-state index in [0.29, 0.717) is 0 Å². The van der Waals surface area contributed by atoms with E-state index in [1.807, 2.05) is 43.4 Å². The summed E-state index contributed by atoms with van der Waals surface area (Å²) in [7, 11) is 2.03. The van der Waals surface area contributed by atoms with Crippen molar-refractivity contribution in [2.24, 2.45) is 0 Å². The standard InChI is InChI=1S/C16H15BrN4/c1-21(10-12-4-2-3-7-19-12)15-6-5-14(18)13-8-11(17)9-20-16(13)15/h2-9H,10,18H2,1H3. The Morgan fingerprint density at radius 3 is 2.81 bits per heavy atom. The summed E-state index contributed by atoms with van der Waals surface area (Å²) in [5, 5.41) is 0.953. The summed E-state index contributed by atoms with van der Waals surface area (Å²) < 4.78 is 0.922. The van der Waals surface area contributed by atoms with Crippen molar-refractivity contribution in [2.45, 2.75) is 6.54 Å². The van der Waals surface area contributed by atoms with Gasteiger partial charge in [-0.3, -0.25) is 9.97 Å². The van der Waals surface area contributed by atoms with Gasteiger partial charge in [0, 0.05) is 35.0 Å². The molecule has 1 aromatic carbocycles. The lowest BCUT2D eigenvalue weighted by Gasteiger charge is -2.21. The molecule has 106 valence electrons. The molecule has 0 saturated heterocycles. The van der Waals surface area contributed by atoms with Crippen molar-refractivity contribution in [3.8, 4) is 0 Å². The quantitative estimate of drug-likeness (QED) is 0.738. The summed E-state index contributed by atoms with van der Waals surface area (Å²) >= 11 is 3.44. The number of nitrogens with two attached hydrogens (primary N) is 1. The fourth-order valence-electron chi connectivity index (χ4n) is 2.33. The first-order valence-electron chi connectivity index (χ1n) is 6.60. The summed E-state index contributed by atoms with van der Waals surface area (Å²) in [6.07, 6.45) is 3.60. The lowest BCUT2D eigenvalue weighted by Crippen LogP contribution is -2.17. The van der Waals surface area contributed by atoms with Crippen molar-refractivity contribution >= 4 is 38.2 Å². The van der Waals surface area contributed by atoms with Crippen molar-refractivity contribution < 1.29 is 0 Å². The highest BCUT2D eigenvalue weighted by atomic mass is 79.9. The van der Waals surface area contributed by atoms with Crippen LogP contribution in [-0.4, -0.2) is 17.0 Å². The maximum atomic E-state index is 6.06. The van der Waals surface area contributed by atoms with Crippen LogP contribution in [0.25, 0.3) is 10.9 Å². The fourth-order valence-corrected chi connectivity index (χ4v) is 2.66. The second-order valence-corrected chi connectivity index (χ2v) is 5.82. The second-order valence-electron chi connectivity index (χ2n) is 4.90. The molecule has 2 N–H and O–H groups in total. The Balaban J connectivity index is 2.02. The average Bonchev–Trinajstić information content (AvgIpc) is 2.49. The van der Waals surface area contributed by atoms with Crippen molar-refractivity contribution in [3.05, 3.63) is 59.0 Å². The van der Waals surface area contributed by atoms with Gasteiger partial charge >= 0.3 is 0 Å². The molecule has 21 heavy (non-hydrogen) atoms. The Hall–Kier alpha value is -2.14. The van der Waals surface area contributed by atoms with Gasteiger partial charge in [-0.1, -0.05) is 6.07 Å². The average molecular weight is 343 g/mol. The molecule has 0 aliphatic rings. The van der Waals surface area contributed by atoms with Crippen LogP contribution in [0.4, 0.5) is 11.4 Å². The molecule has 4 nitrogen and oxygen atoms in total. The van der Waals surface area contributed by atoms with E-state index in [1.54, 1.807) is 12.4 Å². The van der Waals surface area contributed by atoms with E-state index in [4.69, 9.17) is 5.73 Å². The van der Waals surface area contributed by atoms with Crippen LogP contribution >= 0.6 is 15.9 Å². The molecule has 0 aliphatic carbocycles. The van der Waals surface area contributed by atoms with E-state index in [-0.39, 0.29) is 0 Å². The van der Waals surface area contributed by atoms with Gasteiger partial charge in [0.05, 0.1) is 23.4 Å². The zero-order valence-electron chi connectivity index (χ0n) is 11.6. The number of pyridine rings is 2. The SMILES string of the molecule is CN(Cc1ccccn1)c1ccc(N)c2cc(Br)cnc12. The minimum Gasteiger partial charge on any atom is -0.398 e. The van der Waals surface area contributed by atoms with Crippen LogP contribution in [0, 0.1) is 0 Å². The summed E-state index contributed by atoms with van der Waals surface area (Å²) in [4.78, 5) is 11.0. The number of benzene rings is 1. The van der Waals surface area contributed by atoms with Gasteiger partial charge in [0.15, 0.2) is 0 Å². The molecule has 2 heterocycles. The summed E-state index contributed by atoms with van der Waals surface area (Å²) in [6, 6.07) is 11.8.